The van der Waals surface area contributed by atoms with Gasteiger partial charge in [0.1, 0.15) is 5.82 Å². The smallest absolute Gasteiger partial charge is 0.198 e. The highest BCUT2D eigenvalue weighted by Gasteiger charge is 2.16. The molecule has 0 radical (unpaired) electrons. The third kappa shape index (κ3) is 2.15. The van der Waals surface area contributed by atoms with Gasteiger partial charge in [-0.3, -0.25) is 0 Å². The normalized spacial score (nSPS) is 11.2. The van der Waals surface area contributed by atoms with Crippen LogP contribution >= 0.6 is 0 Å². The van der Waals surface area contributed by atoms with Gasteiger partial charge < -0.3 is 10.2 Å². The fourth-order valence-electron chi connectivity index (χ4n) is 2.61. The maximum atomic E-state index is 6.23. The van der Waals surface area contributed by atoms with Crippen LogP contribution in [0, 0.1) is 13.8 Å². The highest BCUT2D eigenvalue weighted by atomic mass is 16.3. The van der Waals surface area contributed by atoms with E-state index in [1.165, 1.54) is 0 Å². The van der Waals surface area contributed by atoms with E-state index in [4.69, 9.17) is 10.2 Å². The Morgan fingerprint density at radius 2 is 1.91 bits per heavy atom. The number of para-hydroxylation sites is 1. The van der Waals surface area contributed by atoms with Gasteiger partial charge >= 0.3 is 0 Å². The van der Waals surface area contributed by atoms with Gasteiger partial charge in [0, 0.05) is 24.2 Å². The van der Waals surface area contributed by atoms with E-state index < -0.39 is 0 Å². The van der Waals surface area contributed by atoms with E-state index in [0.717, 1.165) is 22.5 Å². The first-order valence-corrected chi connectivity index (χ1v) is 7.27. The molecule has 0 aliphatic carbocycles. The Labute approximate surface area is 132 Å². The van der Waals surface area contributed by atoms with Crippen molar-refractivity contribution in [3.05, 3.63) is 54.0 Å². The summed E-state index contributed by atoms with van der Waals surface area (Å²) in [5, 5.41) is 4.65. The standard InChI is InChI=1S/C17H15N5O/c1-10-15(12-8-14-17(19-9-12)20-11(2)23-14)21-22(16(10)18)13-6-4-3-5-7-13/h3-9H,18H2,1-2H3. The van der Waals surface area contributed by atoms with E-state index in [0.29, 0.717) is 22.9 Å². The second-order valence-electron chi connectivity index (χ2n) is 5.38. The molecule has 0 bridgehead atoms. The highest BCUT2D eigenvalue weighted by Crippen LogP contribution is 2.29. The van der Waals surface area contributed by atoms with Gasteiger partial charge in [0.2, 0.25) is 0 Å². The maximum absolute atomic E-state index is 6.23. The number of rotatable bonds is 2. The zero-order valence-corrected chi connectivity index (χ0v) is 12.8. The minimum atomic E-state index is 0.593. The maximum Gasteiger partial charge on any atom is 0.198 e. The molecule has 0 saturated heterocycles. The predicted molar refractivity (Wildman–Crippen MR) is 88.2 cm³/mol. The molecule has 0 amide bonds. The number of aryl methyl sites for hydroxylation is 1. The quantitative estimate of drug-likeness (QED) is 0.614. The van der Waals surface area contributed by atoms with Crippen molar-refractivity contribution in [3.8, 4) is 16.9 Å². The molecule has 4 rings (SSSR count). The average molecular weight is 305 g/mol. The topological polar surface area (TPSA) is 82.8 Å². The van der Waals surface area contributed by atoms with Crippen LogP contribution in [-0.4, -0.2) is 19.7 Å². The Morgan fingerprint density at radius 1 is 1.13 bits per heavy atom. The lowest BCUT2D eigenvalue weighted by molar-refractivity contribution is 0.561. The van der Waals surface area contributed by atoms with E-state index in [-0.39, 0.29) is 0 Å². The van der Waals surface area contributed by atoms with Crippen LogP contribution < -0.4 is 5.73 Å². The summed E-state index contributed by atoms with van der Waals surface area (Å²) >= 11 is 0. The number of benzene rings is 1. The van der Waals surface area contributed by atoms with Crippen molar-refractivity contribution in [1.82, 2.24) is 19.7 Å². The lowest BCUT2D eigenvalue weighted by Crippen LogP contribution is -2.01. The monoisotopic (exact) mass is 305 g/mol. The van der Waals surface area contributed by atoms with Gasteiger partial charge in [-0.05, 0) is 25.1 Å². The molecule has 0 saturated carbocycles. The summed E-state index contributed by atoms with van der Waals surface area (Å²) in [5.74, 6) is 1.20. The predicted octanol–water partition coefficient (Wildman–Crippen LogP) is 3.27. The number of anilines is 1. The van der Waals surface area contributed by atoms with E-state index in [1.807, 2.05) is 43.3 Å². The third-order valence-corrected chi connectivity index (χ3v) is 3.80. The van der Waals surface area contributed by atoms with Gasteiger partial charge in [0.15, 0.2) is 17.1 Å². The second kappa shape index (κ2) is 4.95. The summed E-state index contributed by atoms with van der Waals surface area (Å²) in [5.41, 5.74) is 10.9. The molecular formula is C17H15N5O. The van der Waals surface area contributed by atoms with E-state index in [9.17, 15) is 0 Å². The van der Waals surface area contributed by atoms with Gasteiger partial charge in [-0.15, -0.1) is 0 Å². The first-order valence-electron chi connectivity index (χ1n) is 7.27. The molecule has 23 heavy (non-hydrogen) atoms. The van der Waals surface area contributed by atoms with Crippen molar-refractivity contribution in [2.45, 2.75) is 13.8 Å². The Hall–Kier alpha value is -3.15. The van der Waals surface area contributed by atoms with Crippen LogP contribution in [-0.2, 0) is 0 Å². The number of hydrogen-bond donors (Lipinski definition) is 1. The fourth-order valence-corrected chi connectivity index (χ4v) is 2.61. The van der Waals surface area contributed by atoms with Crippen LogP contribution in [0.3, 0.4) is 0 Å². The van der Waals surface area contributed by atoms with Gasteiger partial charge in [-0.1, -0.05) is 18.2 Å². The van der Waals surface area contributed by atoms with Crippen molar-refractivity contribution in [1.29, 1.82) is 0 Å². The zero-order valence-electron chi connectivity index (χ0n) is 12.8. The minimum Gasteiger partial charge on any atom is -0.439 e. The molecule has 0 atom stereocenters. The zero-order chi connectivity index (χ0) is 16.0. The average Bonchev–Trinajstić information content (AvgIpc) is 3.07. The number of pyridine rings is 1. The molecule has 114 valence electrons. The minimum absolute atomic E-state index is 0.593. The third-order valence-electron chi connectivity index (χ3n) is 3.80. The van der Waals surface area contributed by atoms with Crippen LogP contribution in [0.2, 0.25) is 0 Å². The van der Waals surface area contributed by atoms with Crippen molar-refractivity contribution in [2.75, 3.05) is 5.73 Å². The molecule has 3 heterocycles. The lowest BCUT2D eigenvalue weighted by Gasteiger charge is -2.02. The second-order valence-corrected chi connectivity index (χ2v) is 5.38. The first-order chi connectivity index (χ1) is 11.1. The number of nitrogens with two attached hydrogens (primary N) is 1. The molecule has 2 N–H and O–H groups in total. The van der Waals surface area contributed by atoms with Crippen molar-refractivity contribution < 1.29 is 4.42 Å². The van der Waals surface area contributed by atoms with Gasteiger partial charge in [-0.2, -0.15) is 10.1 Å². The molecule has 0 unspecified atom stereocenters. The Bertz CT molecular complexity index is 1000. The Kier molecular flexibility index (Phi) is 2.90. The van der Waals surface area contributed by atoms with Gasteiger partial charge in [0.25, 0.3) is 0 Å². The van der Waals surface area contributed by atoms with Crippen molar-refractivity contribution in [2.24, 2.45) is 0 Å². The number of oxazole rings is 1. The van der Waals surface area contributed by atoms with E-state index in [2.05, 4.69) is 15.1 Å². The summed E-state index contributed by atoms with van der Waals surface area (Å²) in [6.07, 6.45) is 1.74. The molecule has 6 nitrogen and oxygen atoms in total. The van der Waals surface area contributed by atoms with Crippen LogP contribution in [0.5, 0.6) is 0 Å². The molecular weight excluding hydrogens is 290 g/mol. The van der Waals surface area contributed by atoms with Gasteiger partial charge in [-0.25, -0.2) is 9.67 Å². The summed E-state index contributed by atoms with van der Waals surface area (Å²) in [4.78, 5) is 8.55. The lowest BCUT2D eigenvalue weighted by atomic mass is 10.1. The molecule has 6 heteroatoms. The Balaban J connectivity index is 1.88. The summed E-state index contributed by atoms with van der Waals surface area (Å²) < 4.78 is 7.29. The molecule has 4 aromatic rings. The molecule has 1 aromatic carbocycles. The van der Waals surface area contributed by atoms with Crippen LogP contribution in [0.4, 0.5) is 5.82 Å². The number of aromatic nitrogens is 4. The highest BCUT2D eigenvalue weighted by molar-refractivity contribution is 5.77. The molecule has 3 aromatic heterocycles. The molecule has 0 spiro atoms. The van der Waals surface area contributed by atoms with Crippen LogP contribution in [0.1, 0.15) is 11.5 Å². The molecule has 0 aliphatic rings. The number of fused-ring (bicyclic) bond motifs is 1. The fraction of sp³-hybridized carbons (Fsp3) is 0.118. The SMILES string of the molecule is Cc1nc2ncc(-c3nn(-c4ccccc4)c(N)c3C)cc2o1. The Morgan fingerprint density at radius 3 is 2.70 bits per heavy atom. The summed E-state index contributed by atoms with van der Waals surface area (Å²) in [6.45, 7) is 3.75. The van der Waals surface area contributed by atoms with Crippen LogP contribution in [0.15, 0.2) is 47.0 Å². The first kappa shape index (κ1) is 13.5. The number of hydrogen-bond acceptors (Lipinski definition) is 5. The van der Waals surface area contributed by atoms with Gasteiger partial charge in [0.05, 0.1) is 11.4 Å². The van der Waals surface area contributed by atoms with Crippen LogP contribution in [0.25, 0.3) is 28.2 Å². The van der Waals surface area contributed by atoms with Crippen molar-refractivity contribution in [3.63, 3.8) is 0 Å². The molecule has 0 aliphatic heterocycles. The number of nitrogen functional groups attached to an aromatic ring is 1. The largest absolute Gasteiger partial charge is 0.439 e. The van der Waals surface area contributed by atoms with E-state index >= 15 is 0 Å². The summed E-state index contributed by atoms with van der Waals surface area (Å²) in [7, 11) is 0. The molecule has 0 fully saturated rings. The number of nitrogens with zero attached hydrogens (tertiary/aromatic N) is 4. The summed E-state index contributed by atoms with van der Waals surface area (Å²) in [6, 6.07) is 11.7. The van der Waals surface area contributed by atoms with Crippen molar-refractivity contribution >= 4 is 17.0 Å². The van der Waals surface area contributed by atoms with E-state index in [1.54, 1.807) is 17.8 Å².